The first-order valence-electron chi connectivity index (χ1n) is 7.92. The third kappa shape index (κ3) is 3.03. The van der Waals surface area contributed by atoms with Crippen LogP contribution in [0.2, 0.25) is 0 Å². The summed E-state index contributed by atoms with van der Waals surface area (Å²) in [5.41, 5.74) is 2.26. The number of imidazole rings is 1. The van der Waals surface area contributed by atoms with Crippen molar-refractivity contribution >= 4 is 22.5 Å². The van der Waals surface area contributed by atoms with Crippen LogP contribution in [0.5, 0.6) is 5.88 Å². The van der Waals surface area contributed by atoms with Gasteiger partial charge in [-0.15, -0.1) is 5.10 Å². The van der Waals surface area contributed by atoms with E-state index >= 15 is 0 Å². The number of rotatable bonds is 5. The molecule has 0 atom stereocenters. The molecule has 0 saturated heterocycles. The fraction of sp³-hybridized carbons (Fsp3) is 0.167. The summed E-state index contributed by atoms with van der Waals surface area (Å²) in [4.78, 5) is 15.2. The second kappa shape index (κ2) is 6.27. The van der Waals surface area contributed by atoms with Gasteiger partial charge in [0.05, 0.1) is 12.7 Å². The molecule has 1 amide bonds. The monoisotopic (exact) mass is 336 g/mol. The van der Waals surface area contributed by atoms with Gasteiger partial charge in [-0.05, 0) is 18.2 Å². The summed E-state index contributed by atoms with van der Waals surface area (Å²) in [6, 6.07) is 13.4. The van der Waals surface area contributed by atoms with Gasteiger partial charge in [-0.25, -0.2) is 9.50 Å². The molecule has 25 heavy (non-hydrogen) atoms. The van der Waals surface area contributed by atoms with Crippen molar-refractivity contribution in [2.75, 3.05) is 13.2 Å². The minimum Gasteiger partial charge on any atom is -0.475 e. The molecule has 0 radical (unpaired) electrons. The SMILES string of the molecule is CC(=O)NCCOc1ccc2ncc(-c3cc4ccccc4o3)n2n1. The number of hydrogen-bond acceptors (Lipinski definition) is 5. The molecule has 0 unspecified atom stereocenters. The number of nitrogens with zero attached hydrogens (tertiary/aromatic N) is 3. The zero-order chi connectivity index (χ0) is 17.2. The van der Waals surface area contributed by atoms with Crippen molar-refractivity contribution < 1.29 is 13.9 Å². The predicted molar refractivity (Wildman–Crippen MR) is 92.4 cm³/mol. The molecule has 0 aliphatic heterocycles. The van der Waals surface area contributed by atoms with E-state index in [1.807, 2.05) is 36.4 Å². The minimum atomic E-state index is -0.0891. The number of carbonyl (C=O) groups excluding carboxylic acids is 1. The zero-order valence-corrected chi connectivity index (χ0v) is 13.6. The quantitative estimate of drug-likeness (QED) is 0.567. The molecule has 0 saturated carbocycles. The maximum Gasteiger partial charge on any atom is 0.231 e. The number of fused-ring (bicyclic) bond motifs is 2. The van der Waals surface area contributed by atoms with E-state index in [-0.39, 0.29) is 5.91 Å². The Labute approximate surface area is 143 Å². The molecule has 0 aliphatic carbocycles. The van der Waals surface area contributed by atoms with Crippen LogP contribution in [-0.2, 0) is 4.79 Å². The van der Waals surface area contributed by atoms with Gasteiger partial charge >= 0.3 is 0 Å². The van der Waals surface area contributed by atoms with Crippen LogP contribution in [0.1, 0.15) is 6.92 Å². The molecule has 0 fully saturated rings. The Morgan fingerprint density at radius 3 is 3.00 bits per heavy atom. The van der Waals surface area contributed by atoms with E-state index < -0.39 is 0 Å². The summed E-state index contributed by atoms with van der Waals surface area (Å²) >= 11 is 0. The van der Waals surface area contributed by atoms with Gasteiger partial charge in [0, 0.05) is 18.4 Å². The van der Waals surface area contributed by atoms with Crippen molar-refractivity contribution in [2.24, 2.45) is 0 Å². The lowest BCUT2D eigenvalue weighted by atomic mass is 10.2. The number of para-hydroxylation sites is 1. The second-order valence-corrected chi connectivity index (χ2v) is 5.56. The molecule has 7 heteroatoms. The van der Waals surface area contributed by atoms with Gasteiger partial charge in [0.15, 0.2) is 11.4 Å². The molecule has 0 aliphatic rings. The van der Waals surface area contributed by atoms with E-state index in [1.54, 1.807) is 16.8 Å². The van der Waals surface area contributed by atoms with Crippen molar-refractivity contribution in [2.45, 2.75) is 6.92 Å². The Morgan fingerprint density at radius 1 is 1.28 bits per heavy atom. The van der Waals surface area contributed by atoms with Crippen LogP contribution >= 0.6 is 0 Å². The van der Waals surface area contributed by atoms with Crippen molar-refractivity contribution in [3.05, 3.63) is 48.7 Å². The summed E-state index contributed by atoms with van der Waals surface area (Å²) < 4.78 is 13.2. The number of benzene rings is 1. The van der Waals surface area contributed by atoms with E-state index in [4.69, 9.17) is 9.15 Å². The van der Waals surface area contributed by atoms with Crippen LogP contribution in [0.25, 0.3) is 28.1 Å². The van der Waals surface area contributed by atoms with E-state index in [0.29, 0.717) is 30.4 Å². The number of furan rings is 1. The first-order valence-corrected chi connectivity index (χ1v) is 7.92. The van der Waals surface area contributed by atoms with E-state index in [2.05, 4.69) is 15.4 Å². The van der Waals surface area contributed by atoms with Crippen molar-refractivity contribution in [1.82, 2.24) is 19.9 Å². The first-order chi connectivity index (χ1) is 12.2. The molecular formula is C18H16N4O3. The summed E-state index contributed by atoms with van der Waals surface area (Å²) in [6.45, 7) is 2.23. The third-order valence-electron chi connectivity index (χ3n) is 3.74. The summed E-state index contributed by atoms with van der Waals surface area (Å²) in [5, 5.41) is 8.16. The lowest BCUT2D eigenvalue weighted by molar-refractivity contribution is -0.119. The molecule has 4 aromatic rings. The maximum absolute atomic E-state index is 10.9. The molecular weight excluding hydrogens is 320 g/mol. The molecule has 0 bridgehead atoms. The topological polar surface area (TPSA) is 81.7 Å². The van der Waals surface area contributed by atoms with Gasteiger partial charge < -0.3 is 14.5 Å². The average molecular weight is 336 g/mol. The smallest absolute Gasteiger partial charge is 0.231 e. The van der Waals surface area contributed by atoms with Gasteiger partial charge in [0.1, 0.15) is 17.9 Å². The highest BCUT2D eigenvalue weighted by molar-refractivity contribution is 5.82. The lowest BCUT2D eigenvalue weighted by Gasteiger charge is -2.06. The Hall–Kier alpha value is -3.35. The molecule has 1 aromatic carbocycles. The van der Waals surface area contributed by atoms with Gasteiger partial charge in [-0.3, -0.25) is 4.79 Å². The van der Waals surface area contributed by atoms with Gasteiger partial charge in [0.25, 0.3) is 0 Å². The predicted octanol–water partition coefficient (Wildman–Crippen LogP) is 2.66. The second-order valence-electron chi connectivity index (χ2n) is 5.56. The highest BCUT2D eigenvalue weighted by Crippen LogP contribution is 2.28. The van der Waals surface area contributed by atoms with Crippen molar-refractivity contribution in [1.29, 1.82) is 0 Å². The van der Waals surface area contributed by atoms with Crippen molar-refractivity contribution in [3.8, 4) is 17.3 Å². The highest BCUT2D eigenvalue weighted by Gasteiger charge is 2.13. The van der Waals surface area contributed by atoms with Crippen LogP contribution in [0.4, 0.5) is 0 Å². The first kappa shape index (κ1) is 15.2. The van der Waals surface area contributed by atoms with Gasteiger partial charge in [-0.2, -0.15) is 0 Å². The molecule has 126 valence electrons. The molecule has 4 rings (SSSR count). The third-order valence-corrected chi connectivity index (χ3v) is 3.74. The Bertz CT molecular complexity index is 1020. The normalized spacial score (nSPS) is 11.1. The Balaban J connectivity index is 1.63. The maximum atomic E-state index is 10.9. The Morgan fingerprint density at radius 2 is 2.16 bits per heavy atom. The van der Waals surface area contributed by atoms with Crippen LogP contribution < -0.4 is 10.1 Å². The van der Waals surface area contributed by atoms with Crippen LogP contribution in [-0.4, -0.2) is 33.7 Å². The van der Waals surface area contributed by atoms with Crippen LogP contribution in [0, 0.1) is 0 Å². The van der Waals surface area contributed by atoms with E-state index in [1.165, 1.54) is 6.92 Å². The molecule has 1 N–H and O–H groups in total. The number of aromatic nitrogens is 3. The summed E-state index contributed by atoms with van der Waals surface area (Å²) in [6.07, 6.45) is 1.72. The van der Waals surface area contributed by atoms with E-state index in [9.17, 15) is 4.79 Å². The number of carbonyl (C=O) groups is 1. The zero-order valence-electron chi connectivity index (χ0n) is 13.6. The Kier molecular flexibility index (Phi) is 3.81. The summed E-state index contributed by atoms with van der Waals surface area (Å²) in [7, 11) is 0. The van der Waals surface area contributed by atoms with Crippen LogP contribution in [0.15, 0.2) is 53.1 Å². The van der Waals surface area contributed by atoms with Crippen molar-refractivity contribution in [3.63, 3.8) is 0 Å². The molecule has 3 heterocycles. The standard InChI is InChI=1S/C18H16N4O3/c1-12(23)19-8-9-24-18-7-6-17-20-11-14(22(17)21-18)16-10-13-4-2-3-5-15(13)25-16/h2-7,10-11H,8-9H2,1H3,(H,19,23). The highest BCUT2D eigenvalue weighted by atomic mass is 16.5. The number of amides is 1. The van der Waals surface area contributed by atoms with Gasteiger partial charge in [-0.1, -0.05) is 18.2 Å². The molecule has 0 spiro atoms. The fourth-order valence-electron chi connectivity index (χ4n) is 2.59. The lowest BCUT2D eigenvalue weighted by Crippen LogP contribution is -2.25. The molecule has 3 aromatic heterocycles. The average Bonchev–Trinajstić information content (AvgIpc) is 3.21. The minimum absolute atomic E-state index is 0.0891. The number of hydrogen-bond donors (Lipinski definition) is 1. The number of nitrogens with one attached hydrogen (secondary N) is 1. The van der Waals surface area contributed by atoms with Gasteiger partial charge in [0.2, 0.25) is 11.8 Å². The van der Waals surface area contributed by atoms with E-state index in [0.717, 1.165) is 16.7 Å². The number of ether oxygens (including phenoxy) is 1. The largest absolute Gasteiger partial charge is 0.475 e. The summed E-state index contributed by atoms with van der Waals surface area (Å²) in [5.74, 6) is 1.05. The molecule has 7 nitrogen and oxygen atoms in total. The fourth-order valence-corrected chi connectivity index (χ4v) is 2.59. The van der Waals surface area contributed by atoms with Crippen LogP contribution in [0.3, 0.4) is 0 Å².